The van der Waals surface area contributed by atoms with Gasteiger partial charge in [-0.05, 0) is 41.8 Å². The molecule has 2 heterocycles. The van der Waals surface area contributed by atoms with Gasteiger partial charge in [-0.3, -0.25) is 9.78 Å². The van der Waals surface area contributed by atoms with Crippen molar-refractivity contribution >= 4 is 22.5 Å². The van der Waals surface area contributed by atoms with Crippen molar-refractivity contribution in [2.24, 2.45) is 0 Å². The summed E-state index contributed by atoms with van der Waals surface area (Å²) in [6.45, 7) is -0.148. The molecule has 1 atom stereocenters. The molecule has 6 nitrogen and oxygen atoms in total. The molecule has 1 amide bonds. The van der Waals surface area contributed by atoms with Gasteiger partial charge in [0, 0.05) is 54.8 Å². The molecule has 4 rings (SSSR count). The van der Waals surface area contributed by atoms with E-state index in [9.17, 15) is 9.90 Å². The molecule has 6 heteroatoms. The molecular formula is C25H26N4O2. The lowest BCUT2D eigenvalue weighted by Crippen LogP contribution is -2.39. The molecule has 0 aliphatic rings. The van der Waals surface area contributed by atoms with Gasteiger partial charge in [0.25, 0.3) is 5.91 Å². The number of rotatable bonds is 7. The highest BCUT2D eigenvalue weighted by Crippen LogP contribution is 2.23. The van der Waals surface area contributed by atoms with Crippen LogP contribution in [0.15, 0.2) is 73.2 Å². The van der Waals surface area contributed by atoms with Gasteiger partial charge in [0.2, 0.25) is 0 Å². The number of carbonyl (C=O) groups excluding carboxylic acids is 1. The maximum absolute atomic E-state index is 12.9. The van der Waals surface area contributed by atoms with Crippen LogP contribution in [-0.2, 0) is 6.42 Å². The van der Waals surface area contributed by atoms with Crippen molar-refractivity contribution in [3.63, 3.8) is 0 Å². The minimum absolute atomic E-state index is 0.148. The van der Waals surface area contributed by atoms with Gasteiger partial charge in [-0.2, -0.15) is 0 Å². The Kier molecular flexibility index (Phi) is 6.00. The largest absolute Gasteiger partial charge is 0.394 e. The lowest BCUT2D eigenvalue weighted by atomic mass is 10.0. The molecule has 4 aromatic rings. The van der Waals surface area contributed by atoms with E-state index in [4.69, 9.17) is 0 Å². The van der Waals surface area contributed by atoms with E-state index in [0.717, 1.165) is 33.3 Å². The molecular weight excluding hydrogens is 388 g/mol. The fourth-order valence-corrected chi connectivity index (χ4v) is 3.67. The highest BCUT2D eigenvalue weighted by molar-refractivity contribution is 5.95. The Morgan fingerprint density at radius 2 is 1.87 bits per heavy atom. The summed E-state index contributed by atoms with van der Waals surface area (Å²) in [5.41, 5.74) is 5.53. The van der Waals surface area contributed by atoms with Crippen molar-refractivity contribution in [1.29, 1.82) is 0 Å². The Labute approximate surface area is 181 Å². The Bertz CT molecular complexity index is 1180. The molecule has 0 fully saturated rings. The average Bonchev–Trinajstić information content (AvgIpc) is 3.21. The van der Waals surface area contributed by atoms with Crippen LogP contribution < -0.4 is 10.2 Å². The van der Waals surface area contributed by atoms with Crippen molar-refractivity contribution in [2.45, 2.75) is 12.5 Å². The number of nitrogens with zero attached hydrogens (tertiary/aromatic N) is 2. The van der Waals surface area contributed by atoms with E-state index in [1.807, 2.05) is 79.8 Å². The van der Waals surface area contributed by atoms with E-state index in [0.29, 0.717) is 12.0 Å². The highest BCUT2D eigenvalue weighted by atomic mass is 16.3. The molecule has 1 unspecified atom stereocenters. The van der Waals surface area contributed by atoms with Gasteiger partial charge in [0.05, 0.1) is 18.2 Å². The van der Waals surface area contributed by atoms with Crippen LogP contribution in [0, 0.1) is 0 Å². The standard InChI is InChI=1S/C25H26N4O2/c1-29(2)22-9-7-17(8-10-22)18-11-20(14-26-13-18)25(31)28-21(16-30)12-19-15-27-24-6-4-3-5-23(19)24/h3-11,13-15,21,27,30H,12,16H2,1-2H3,(H,28,31). The smallest absolute Gasteiger partial charge is 0.253 e. The van der Waals surface area contributed by atoms with Gasteiger partial charge >= 0.3 is 0 Å². The van der Waals surface area contributed by atoms with E-state index >= 15 is 0 Å². The third-order valence-corrected chi connectivity index (χ3v) is 5.41. The zero-order chi connectivity index (χ0) is 21.8. The molecule has 0 aliphatic carbocycles. The zero-order valence-electron chi connectivity index (χ0n) is 17.7. The number of hydrogen-bond acceptors (Lipinski definition) is 4. The van der Waals surface area contributed by atoms with E-state index in [1.54, 1.807) is 12.4 Å². The quantitative estimate of drug-likeness (QED) is 0.431. The van der Waals surface area contributed by atoms with Crippen molar-refractivity contribution in [3.05, 3.63) is 84.3 Å². The third-order valence-electron chi connectivity index (χ3n) is 5.41. The summed E-state index contributed by atoms with van der Waals surface area (Å²) in [5, 5.41) is 13.9. The molecule has 0 radical (unpaired) electrons. The number of anilines is 1. The van der Waals surface area contributed by atoms with Gasteiger partial charge in [0.15, 0.2) is 0 Å². The number of para-hydroxylation sites is 1. The first-order valence-corrected chi connectivity index (χ1v) is 10.2. The summed E-state index contributed by atoms with van der Waals surface area (Å²) in [6.07, 6.45) is 5.76. The number of amides is 1. The van der Waals surface area contributed by atoms with Crippen LogP contribution in [0.5, 0.6) is 0 Å². The number of pyridine rings is 1. The Morgan fingerprint density at radius 1 is 1.10 bits per heavy atom. The Hall–Kier alpha value is -3.64. The fourth-order valence-electron chi connectivity index (χ4n) is 3.67. The van der Waals surface area contributed by atoms with Crippen LogP contribution in [0.25, 0.3) is 22.0 Å². The highest BCUT2D eigenvalue weighted by Gasteiger charge is 2.16. The molecule has 0 spiro atoms. The number of aliphatic hydroxyl groups excluding tert-OH is 1. The first-order valence-electron chi connectivity index (χ1n) is 10.2. The Morgan fingerprint density at radius 3 is 2.61 bits per heavy atom. The van der Waals surface area contributed by atoms with E-state index in [-0.39, 0.29) is 12.5 Å². The number of H-pyrrole nitrogens is 1. The topological polar surface area (TPSA) is 81.2 Å². The second-order valence-corrected chi connectivity index (χ2v) is 7.82. The van der Waals surface area contributed by atoms with Crippen LogP contribution in [0.3, 0.4) is 0 Å². The second-order valence-electron chi connectivity index (χ2n) is 7.82. The summed E-state index contributed by atoms with van der Waals surface area (Å²) in [6, 6.07) is 17.5. The van der Waals surface area contributed by atoms with Gasteiger partial charge in [-0.25, -0.2) is 0 Å². The molecule has 31 heavy (non-hydrogen) atoms. The molecule has 0 saturated carbocycles. The molecule has 0 saturated heterocycles. The number of aliphatic hydroxyl groups is 1. The molecule has 0 bridgehead atoms. The summed E-state index contributed by atoms with van der Waals surface area (Å²) in [4.78, 5) is 22.4. The number of aromatic nitrogens is 2. The first-order chi connectivity index (χ1) is 15.0. The monoisotopic (exact) mass is 414 g/mol. The lowest BCUT2D eigenvalue weighted by molar-refractivity contribution is 0.0916. The maximum Gasteiger partial charge on any atom is 0.253 e. The summed E-state index contributed by atoms with van der Waals surface area (Å²) < 4.78 is 0. The predicted octanol–water partition coefficient (Wildman–Crippen LogP) is 3.63. The van der Waals surface area contributed by atoms with Crippen LogP contribution in [-0.4, -0.2) is 47.7 Å². The zero-order valence-corrected chi connectivity index (χ0v) is 17.7. The summed E-state index contributed by atoms with van der Waals surface area (Å²) in [7, 11) is 3.99. The molecule has 2 aromatic heterocycles. The van der Waals surface area contributed by atoms with Crippen molar-refractivity contribution in [1.82, 2.24) is 15.3 Å². The van der Waals surface area contributed by atoms with Crippen LogP contribution in [0.1, 0.15) is 15.9 Å². The van der Waals surface area contributed by atoms with Crippen molar-refractivity contribution < 1.29 is 9.90 Å². The van der Waals surface area contributed by atoms with Gasteiger partial charge in [-0.1, -0.05) is 30.3 Å². The van der Waals surface area contributed by atoms with Gasteiger partial charge < -0.3 is 20.3 Å². The number of carbonyl (C=O) groups is 1. The average molecular weight is 415 g/mol. The SMILES string of the molecule is CN(C)c1ccc(-c2cncc(C(=O)NC(CO)Cc3c[nH]c4ccccc34)c2)cc1. The van der Waals surface area contributed by atoms with E-state index < -0.39 is 6.04 Å². The number of benzene rings is 2. The molecule has 158 valence electrons. The first kappa shape index (κ1) is 20.6. The summed E-state index contributed by atoms with van der Waals surface area (Å²) in [5.74, 6) is -0.252. The minimum Gasteiger partial charge on any atom is -0.394 e. The van der Waals surface area contributed by atoms with Crippen LogP contribution in [0.4, 0.5) is 5.69 Å². The normalized spacial score (nSPS) is 12.0. The number of hydrogen-bond donors (Lipinski definition) is 3. The van der Waals surface area contributed by atoms with Crippen molar-refractivity contribution in [2.75, 3.05) is 25.6 Å². The van der Waals surface area contributed by atoms with Crippen molar-refractivity contribution in [3.8, 4) is 11.1 Å². The molecule has 3 N–H and O–H groups in total. The van der Waals surface area contributed by atoms with Gasteiger partial charge in [-0.15, -0.1) is 0 Å². The number of fused-ring (bicyclic) bond motifs is 1. The predicted molar refractivity (Wildman–Crippen MR) is 124 cm³/mol. The number of aromatic amines is 1. The second kappa shape index (κ2) is 9.02. The van der Waals surface area contributed by atoms with Crippen LogP contribution in [0.2, 0.25) is 0 Å². The maximum atomic E-state index is 12.9. The molecule has 0 aliphatic heterocycles. The van der Waals surface area contributed by atoms with Crippen LogP contribution >= 0.6 is 0 Å². The van der Waals surface area contributed by atoms with Gasteiger partial charge in [0.1, 0.15) is 0 Å². The minimum atomic E-state index is -0.394. The van der Waals surface area contributed by atoms with E-state index in [2.05, 4.69) is 15.3 Å². The summed E-state index contributed by atoms with van der Waals surface area (Å²) >= 11 is 0. The molecule has 2 aromatic carbocycles. The number of nitrogens with one attached hydrogen (secondary N) is 2. The fraction of sp³-hybridized carbons (Fsp3) is 0.200. The Balaban J connectivity index is 1.49. The lowest BCUT2D eigenvalue weighted by Gasteiger charge is -2.16. The van der Waals surface area contributed by atoms with E-state index in [1.165, 1.54) is 0 Å². The third kappa shape index (κ3) is 4.59.